The summed E-state index contributed by atoms with van der Waals surface area (Å²) >= 11 is 0. The average Bonchev–Trinajstić information content (AvgIpc) is 2.84. The largest absolute Gasteiger partial charge is 0.487 e. The molecular weight excluding hydrogens is 434 g/mol. The van der Waals surface area contributed by atoms with Crippen LogP contribution in [-0.2, 0) is 22.5 Å². The fraction of sp³-hybridized carbons (Fsp3) is 0.581. The lowest BCUT2D eigenvalue weighted by Crippen LogP contribution is -2.40. The SMILES string of the molecule is CCCCCCCCCCc1ccc(OC(C)COC(=O)CC[N+](C)(C)Cc2ccccc2)cc1. The van der Waals surface area contributed by atoms with E-state index in [1.165, 1.54) is 62.5 Å². The van der Waals surface area contributed by atoms with Crippen molar-refractivity contribution in [1.29, 1.82) is 0 Å². The van der Waals surface area contributed by atoms with E-state index in [4.69, 9.17) is 9.47 Å². The van der Waals surface area contributed by atoms with E-state index in [-0.39, 0.29) is 18.7 Å². The smallest absolute Gasteiger partial charge is 0.311 e. The molecule has 0 saturated heterocycles. The molecule has 0 N–H and O–H groups in total. The van der Waals surface area contributed by atoms with Crippen molar-refractivity contribution >= 4 is 5.97 Å². The molecule has 1 atom stereocenters. The van der Waals surface area contributed by atoms with Crippen LogP contribution in [0.25, 0.3) is 0 Å². The zero-order valence-corrected chi connectivity index (χ0v) is 22.6. The van der Waals surface area contributed by atoms with Crippen LogP contribution in [0.1, 0.15) is 82.8 Å². The van der Waals surface area contributed by atoms with E-state index in [2.05, 4.69) is 57.4 Å². The summed E-state index contributed by atoms with van der Waals surface area (Å²) in [7, 11) is 4.29. The van der Waals surface area contributed by atoms with Crippen molar-refractivity contribution in [3.05, 3.63) is 65.7 Å². The van der Waals surface area contributed by atoms with Gasteiger partial charge in [-0.15, -0.1) is 0 Å². The summed E-state index contributed by atoms with van der Waals surface area (Å²) in [6.07, 6.45) is 12.1. The van der Waals surface area contributed by atoms with Crippen molar-refractivity contribution in [2.75, 3.05) is 27.2 Å². The lowest BCUT2D eigenvalue weighted by molar-refractivity contribution is -0.903. The van der Waals surface area contributed by atoms with Gasteiger partial charge in [0.2, 0.25) is 0 Å². The molecule has 0 saturated carbocycles. The van der Waals surface area contributed by atoms with E-state index in [9.17, 15) is 4.79 Å². The highest BCUT2D eigenvalue weighted by atomic mass is 16.6. The van der Waals surface area contributed by atoms with Crippen molar-refractivity contribution in [2.45, 2.75) is 90.7 Å². The first kappa shape index (κ1) is 28.9. The summed E-state index contributed by atoms with van der Waals surface area (Å²) in [5, 5.41) is 0. The first-order valence-corrected chi connectivity index (χ1v) is 13.6. The van der Waals surface area contributed by atoms with E-state index >= 15 is 0 Å². The first-order chi connectivity index (χ1) is 16.9. The number of hydrogen-bond acceptors (Lipinski definition) is 3. The quantitative estimate of drug-likeness (QED) is 0.127. The molecule has 1 unspecified atom stereocenters. The Balaban J connectivity index is 1.59. The second-order valence-corrected chi connectivity index (χ2v) is 10.5. The molecule has 2 aromatic carbocycles. The fourth-order valence-corrected chi connectivity index (χ4v) is 4.30. The number of unbranched alkanes of at least 4 members (excludes halogenated alkanes) is 7. The van der Waals surface area contributed by atoms with E-state index in [1.807, 2.05) is 25.1 Å². The summed E-state index contributed by atoms with van der Waals surface area (Å²) in [4.78, 5) is 12.3. The molecule has 0 aliphatic rings. The summed E-state index contributed by atoms with van der Waals surface area (Å²) in [6, 6.07) is 18.7. The van der Waals surface area contributed by atoms with Gasteiger partial charge in [-0.3, -0.25) is 4.79 Å². The Kier molecular flexibility index (Phi) is 13.5. The minimum absolute atomic E-state index is 0.166. The molecular formula is C31H48NO3+. The van der Waals surface area contributed by atoms with Gasteiger partial charge in [0, 0.05) is 5.56 Å². The summed E-state index contributed by atoms with van der Waals surface area (Å²) < 4.78 is 12.2. The molecule has 0 bridgehead atoms. The lowest BCUT2D eigenvalue weighted by atomic mass is 10.0. The molecule has 2 rings (SSSR count). The normalized spacial score (nSPS) is 12.3. The Morgan fingerprint density at radius 2 is 1.46 bits per heavy atom. The van der Waals surface area contributed by atoms with E-state index in [1.54, 1.807) is 0 Å². The summed E-state index contributed by atoms with van der Waals surface area (Å²) in [5.41, 5.74) is 2.63. The Hall–Kier alpha value is -2.33. The van der Waals surface area contributed by atoms with E-state index < -0.39 is 0 Å². The predicted molar refractivity (Wildman–Crippen MR) is 146 cm³/mol. The van der Waals surface area contributed by atoms with Crippen LogP contribution in [0.3, 0.4) is 0 Å². The number of aryl methyl sites for hydroxylation is 1. The number of esters is 1. The number of hydrogen-bond donors (Lipinski definition) is 0. The highest BCUT2D eigenvalue weighted by Crippen LogP contribution is 2.17. The maximum absolute atomic E-state index is 12.3. The molecule has 2 aromatic rings. The van der Waals surface area contributed by atoms with Crippen LogP contribution in [-0.4, -0.2) is 43.8 Å². The van der Waals surface area contributed by atoms with Crippen LogP contribution in [0.2, 0.25) is 0 Å². The molecule has 4 nitrogen and oxygen atoms in total. The van der Waals surface area contributed by atoms with Crippen LogP contribution in [0.5, 0.6) is 5.75 Å². The van der Waals surface area contributed by atoms with Gasteiger partial charge in [0.1, 0.15) is 25.0 Å². The summed E-state index contributed by atoms with van der Waals surface area (Å²) in [6.45, 7) is 6.11. The predicted octanol–water partition coefficient (Wildman–Crippen LogP) is 7.35. The Morgan fingerprint density at radius 1 is 0.829 bits per heavy atom. The number of quaternary nitrogens is 1. The van der Waals surface area contributed by atoms with Gasteiger partial charge < -0.3 is 14.0 Å². The summed E-state index contributed by atoms with van der Waals surface area (Å²) in [5.74, 6) is 0.661. The molecule has 194 valence electrons. The van der Waals surface area contributed by atoms with Gasteiger partial charge in [0.05, 0.1) is 27.1 Å². The van der Waals surface area contributed by atoms with Gasteiger partial charge in [-0.25, -0.2) is 0 Å². The standard InChI is InChI=1S/C31H48NO3/c1-5-6-7-8-9-10-11-13-16-28-19-21-30(22-20-28)35-27(2)26-34-31(33)23-24-32(3,4)25-29-17-14-12-15-18-29/h12,14-15,17-22,27H,5-11,13,16,23-26H2,1-4H3/q+1. The molecule has 0 aromatic heterocycles. The molecule has 35 heavy (non-hydrogen) atoms. The lowest BCUT2D eigenvalue weighted by Gasteiger charge is -2.29. The molecule has 0 aliphatic heterocycles. The Bertz CT molecular complexity index is 817. The Morgan fingerprint density at radius 3 is 2.11 bits per heavy atom. The van der Waals surface area contributed by atoms with Crippen LogP contribution >= 0.6 is 0 Å². The van der Waals surface area contributed by atoms with E-state index in [0.717, 1.165) is 29.7 Å². The number of ether oxygens (including phenoxy) is 2. The first-order valence-electron chi connectivity index (χ1n) is 13.6. The number of nitrogens with zero attached hydrogens (tertiary/aromatic N) is 1. The van der Waals surface area contributed by atoms with Gasteiger partial charge in [-0.1, -0.05) is 94.3 Å². The van der Waals surface area contributed by atoms with Crippen molar-refractivity contribution in [3.63, 3.8) is 0 Å². The topological polar surface area (TPSA) is 35.5 Å². The highest BCUT2D eigenvalue weighted by molar-refractivity contribution is 5.69. The monoisotopic (exact) mass is 482 g/mol. The Labute approximate surface area is 214 Å². The highest BCUT2D eigenvalue weighted by Gasteiger charge is 2.19. The van der Waals surface area contributed by atoms with Crippen LogP contribution < -0.4 is 4.74 Å². The molecule has 0 fully saturated rings. The number of carbonyl (C=O) groups excluding carboxylic acids is 1. The maximum Gasteiger partial charge on any atom is 0.311 e. The average molecular weight is 483 g/mol. The zero-order valence-electron chi connectivity index (χ0n) is 22.6. The molecule has 0 amide bonds. The number of carbonyl (C=O) groups is 1. The maximum atomic E-state index is 12.3. The van der Waals surface area contributed by atoms with Crippen molar-refractivity contribution in [2.24, 2.45) is 0 Å². The van der Waals surface area contributed by atoms with Gasteiger partial charge in [0.15, 0.2) is 0 Å². The minimum atomic E-state index is -0.177. The van der Waals surface area contributed by atoms with Gasteiger partial charge in [0.25, 0.3) is 0 Å². The third kappa shape index (κ3) is 13.4. The third-order valence-electron chi connectivity index (χ3n) is 6.43. The number of benzene rings is 2. The minimum Gasteiger partial charge on any atom is -0.487 e. The zero-order chi connectivity index (χ0) is 25.4. The van der Waals surface area contributed by atoms with Crippen molar-refractivity contribution in [1.82, 2.24) is 0 Å². The van der Waals surface area contributed by atoms with Gasteiger partial charge in [-0.05, 0) is 37.5 Å². The van der Waals surface area contributed by atoms with Crippen molar-refractivity contribution < 1.29 is 18.8 Å². The molecule has 0 aliphatic carbocycles. The molecule has 0 spiro atoms. The van der Waals surface area contributed by atoms with Gasteiger partial charge in [-0.2, -0.15) is 0 Å². The second-order valence-electron chi connectivity index (χ2n) is 10.5. The third-order valence-corrected chi connectivity index (χ3v) is 6.43. The molecule has 4 heteroatoms. The van der Waals surface area contributed by atoms with Crippen LogP contribution in [0.15, 0.2) is 54.6 Å². The molecule has 0 heterocycles. The van der Waals surface area contributed by atoms with Gasteiger partial charge >= 0.3 is 5.97 Å². The van der Waals surface area contributed by atoms with Crippen LogP contribution in [0, 0.1) is 0 Å². The number of rotatable bonds is 18. The van der Waals surface area contributed by atoms with Crippen molar-refractivity contribution in [3.8, 4) is 5.75 Å². The van der Waals surface area contributed by atoms with Crippen LogP contribution in [0.4, 0.5) is 0 Å². The molecule has 0 radical (unpaired) electrons. The fourth-order valence-electron chi connectivity index (χ4n) is 4.30. The van der Waals surface area contributed by atoms with E-state index in [0.29, 0.717) is 6.42 Å². The second kappa shape index (κ2) is 16.4.